The fourth-order valence-electron chi connectivity index (χ4n) is 2.12. The van der Waals surface area contributed by atoms with E-state index in [9.17, 15) is 4.79 Å². The second-order valence-electron chi connectivity index (χ2n) is 4.76. The van der Waals surface area contributed by atoms with Gasteiger partial charge in [-0.15, -0.1) is 0 Å². The van der Waals surface area contributed by atoms with Gasteiger partial charge in [-0.05, 0) is 31.9 Å². The molecule has 1 unspecified atom stereocenters. The van der Waals surface area contributed by atoms with Crippen LogP contribution in [0.25, 0.3) is 0 Å². The largest absolute Gasteiger partial charge is 0.491 e. The summed E-state index contributed by atoms with van der Waals surface area (Å²) in [6, 6.07) is 7.61. The number of hydrogen-bond acceptors (Lipinski definition) is 3. The van der Waals surface area contributed by atoms with Crippen molar-refractivity contribution in [1.82, 2.24) is 4.90 Å². The molecule has 1 heterocycles. The van der Waals surface area contributed by atoms with E-state index in [1.165, 1.54) is 0 Å². The first-order chi connectivity index (χ1) is 8.68. The Hall–Kier alpha value is -1.55. The highest BCUT2D eigenvalue weighted by Gasteiger charge is 2.22. The van der Waals surface area contributed by atoms with Gasteiger partial charge >= 0.3 is 0 Å². The number of carbonyl (C=O) groups excluding carboxylic acids is 1. The molecule has 0 radical (unpaired) electrons. The molecule has 1 amide bonds. The maximum Gasteiger partial charge on any atom is 0.257 e. The third-order valence-electron chi connectivity index (χ3n) is 3.11. The van der Waals surface area contributed by atoms with Crippen LogP contribution in [0.4, 0.5) is 0 Å². The van der Waals surface area contributed by atoms with Gasteiger partial charge in [0.15, 0.2) is 0 Å². The molecular formula is C14H20N2O2. The van der Waals surface area contributed by atoms with Crippen molar-refractivity contribution in [3.63, 3.8) is 0 Å². The van der Waals surface area contributed by atoms with Gasteiger partial charge in [-0.2, -0.15) is 0 Å². The van der Waals surface area contributed by atoms with Crippen LogP contribution < -0.4 is 10.5 Å². The second kappa shape index (κ2) is 5.87. The van der Waals surface area contributed by atoms with Gasteiger partial charge in [0.05, 0.1) is 12.1 Å². The van der Waals surface area contributed by atoms with Crippen molar-refractivity contribution in [2.45, 2.75) is 25.8 Å². The molecular weight excluding hydrogens is 228 g/mol. The highest BCUT2D eigenvalue weighted by Crippen LogP contribution is 2.22. The predicted molar refractivity (Wildman–Crippen MR) is 70.7 cm³/mol. The first kappa shape index (κ1) is 12.9. The summed E-state index contributed by atoms with van der Waals surface area (Å²) in [7, 11) is 0. The fourth-order valence-corrected chi connectivity index (χ4v) is 2.12. The molecule has 4 nitrogen and oxygen atoms in total. The first-order valence-corrected chi connectivity index (χ1v) is 6.45. The van der Waals surface area contributed by atoms with Gasteiger partial charge in [0.25, 0.3) is 5.91 Å². The molecule has 1 aromatic carbocycles. The number of para-hydroxylation sites is 1. The van der Waals surface area contributed by atoms with Crippen LogP contribution in [0, 0.1) is 0 Å². The summed E-state index contributed by atoms with van der Waals surface area (Å²) in [6.07, 6.45) is 1.87. The van der Waals surface area contributed by atoms with Crippen LogP contribution >= 0.6 is 0 Å². The van der Waals surface area contributed by atoms with Crippen molar-refractivity contribution >= 4 is 5.91 Å². The van der Waals surface area contributed by atoms with E-state index < -0.39 is 0 Å². The summed E-state index contributed by atoms with van der Waals surface area (Å²) in [5.74, 6) is 0.755. The minimum atomic E-state index is 0.0628. The molecule has 98 valence electrons. The minimum Gasteiger partial charge on any atom is -0.491 e. The van der Waals surface area contributed by atoms with Crippen molar-refractivity contribution in [3.05, 3.63) is 29.8 Å². The Bertz CT molecular complexity index is 418. The van der Waals surface area contributed by atoms with E-state index in [2.05, 4.69) is 0 Å². The van der Waals surface area contributed by atoms with Crippen molar-refractivity contribution in [2.24, 2.45) is 5.73 Å². The number of ether oxygens (including phenoxy) is 1. The van der Waals surface area contributed by atoms with Crippen LogP contribution in [0.15, 0.2) is 24.3 Å². The Kier molecular flexibility index (Phi) is 4.20. The highest BCUT2D eigenvalue weighted by atomic mass is 16.5. The quantitative estimate of drug-likeness (QED) is 0.881. The third-order valence-corrected chi connectivity index (χ3v) is 3.11. The van der Waals surface area contributed by atoms with E-state index in [4.69, 9.17) is 10.5 Å². The molecule has 18 heavy (non-hydrogen) atoms. The summed E-state index contributed by atoms with van der Waals surface area (Å²) in [5, 5.41) is 0. The number of amides is 1. The molecule has 0 bridgehead atoms. The van der Waals surface area contributed by atoms with Crippen LogP contribution in [0.1, 0.15) is 30.1 Å². The molecule has 1 aliphatic heterocycles. The van der Waals surface area contributed by atoms with E-state index in [0.717, 1.165) is 19.4 Å². The van der Waals surface area contributed by atoms with Gasteiger partial charge in [0, 0.05) is 12.6 Å². The highest BCUT2D eigenvalue weighted by molar-refractivity contribution is 5.97. The average molecular weight is 248 g/mol. The number of rotatable bonds is 4. The summed E-state index contributed by atoms with van der Waals surface area (Å²) in [4.78, 5) is 14.2. The van der Waals surface area contributed by atoms with Crippen LogP contribution in [0.2, 0.25) is 0 Å². The molecule has 0 spiro atoms. The second-order valence-corrected chi connectivity index (χ2v) is 4.76. The van der Waals surface area contributed by atoms with E-state index in [-0.39, 0.29) is 11.9 Å². The SMILES string of the molecule is CC(N)CCCN1CCOc2ccccc2C1=O. The molecule has 1 atom stereocenters. The number of hydrogen-bond donors (Lipinski definition) is 1. The lowest BCUT2D eigenvalue weighted by Gasteiger charge is -2.20. The minimum absolute atomic E-state index is 0.0628. The van der Waals surface area contributed by atoms with Gasteiger partial charge in [-0.3, -0.25) is 4.79 Å². The summed E-state index contributed by atoms with van der Waals surface area (Å²) >= 11 is 0. The molecule has 4 heteroatoms. The molecule has 2 N–H and O–H groups in total. The maximum absolute atomic E-state index is 12.3. The molecule has 1 aliphatic rings. The summed E-state index contributed by atoms with van der Waals surface area (Å²) < 4.78 is 5.59. The summed E-state index contributed by atoms with van der Waals surface area (Å²) in [5.41, 5.74) is 6.38. The van der Waals surface area contributed by atoms with Gasteiger partial charge in [-0.25, -0.2) is 0 Å². The molecule has 0 aromatic heterocycles. The number of nitrogens with zero attached hydrogens (tertiary/aromatic N) is 1. The lowest BCUT2D eigenvalue weighted by atomic mass is 10.1. The van der Waals surface area contributed by atoms with E-state index in [1.807, 2.05) is 36.1 Å². The Morgan fingerprint density at radius 2 is 2.22 bits per heavy atom. The summed E-state index contributed by atoms with van der Waals surface area (Å²) in [6.45, 7) is 3.94. The van der Waals surface area contributed by atoms with Gasteiger partial charge in [-0.1, -0.05) is 12.1 Å². The lowest BCUT2D eigenvalue weighted by Crippen LogP contribution is -2.34. The fraction of sp³-hybridized carbons (Fsp3) is 0.500. The van der Waals surface area contributed by atoms with Crippen molar-refractivity contribution < 1.29 is 9.53 Å². The van der Waals surface area contributed by atoms with Crippen LogP contribution in [0.5, 0.6) is 5.75 Å². The first-order valence-electron chi connectivity index (χ1n) is 6.45. The number of fused-ring (bicyclic) bond motifs is 1. The van der Waals surface area contributed by atoms with Crippen molar-refractivity contribution in [2.75, 3.05) is 19.7 Å². The average Bonchev–Trinajstić information content (AvgIpc) is 2.50. The van der Waals surface area contributed by atoms with Crippen molar-refractivity contribution in [3.8, 4) is 5.75 Å². The van der Waals surface area contributed by atoms with Crippen molar-refractivity contribution in [1.29, 1.82) is 0 Å². The Morgan fingerprint density at radius 3 is 3.00 bits per heavy atom. The van der Waals surface area contributed by atoms with E-state index >= 15 is 0 Å². The van der Waals surface area contributed by atoms with Gasteiger partial charge in [0.1, 0.15) is 12.4 Å². The molecule has 0 aliphatic carbocycles. The Morgan fingerprint density at radius 1 is 1.44 bits per heavy atom. The zero-order chi connectivity index (χ0) is 13.0. The number of benzene rings is 1. The lowest BCUT2D eigenvalue weighted by molar-refractivity contribution is 0.0752. The zero-order valence-corrected chi connectivity index (χ0v) is 10.8. The monoisotopic (exact) mass is 248 g/mol. The van der Waals surface area contributed by atoms with Crippen LogP contribution in [-0.2, 0) is 0 Å². The van der Waals surface area contributed by atoms with Gasteiger partial charge in [0.2, 0.25) is 0 Å². The van der Waals surface area contributed by atoms with Crippen LogP contribution in [0.3, 0.4) is 0 Å². The molecule has 0 saturated carbocycles. The van der Waals surface area contributed by atoms with E-state index in [1.54, 1.807) is 0 Å². The zero-order valence-electron chi connectivity index (χ0n) is 10.8. The standard InChI is InChI=1S/C14H20N2O2/c1-11(15)5-4-8-16-9-10-18-13-7-3-2-6-12(13)14(16)17/h2-3,6-7,11H,4-5,8-10,15H2,1H3. The number of carbonyl (C=O) groups is 1. The Balaban J connectivity index is 2.03. The van der Waals surface area contributed by atoms with E-state index in [0.29, 0.717) is 24.5 Å². The predicted octanol–water partition coefficient (Wildman–Crippen LogP) is 1.65. The molecule has 2 rings (SSSR count). The maximum atomic E-state index is 12.3. The topological polar surface area (TPSA) is 55.6 Å². The molecule has 1 aromatic rings. The number of nitrogens with two attached hydrogens (primary N) is 1. The van der Waals surface area contributed by atoms with Gasteiger partial charge < -0.3 is 15.4 Å². The smallest absolute Gasteiger partial charge is 0.257 e. The third kappa shape index (κ3) is 3.01. The van der Waals surface area contributed by atoms with Crippen LogP contribution in [-0.4, -0.2) is 36.5 Å². The molecule has 0 fully saturated rings. The normalized spacial score (nSPS) is 16.8. The Labute approximate surface area is 108 Å². The molecule has 0 saturated heterocycles.